The van der Waals surface area contributed by atoms with Gasteiger partial charge in [0.1, 0.15) is 5.82 Å². The molecule has 0 radical (unpaired) electrons. The number of benzene rings is 2. The zero-order valence-electron chi connectivity index (χ0n) is 16.4. The van der Waals surface area contributed by atoms with Crippen LogP contribution in [0.15, 0.2) is 60.8 Å². The number of fused-ring (bicyclic) bond motifs is 1. The van der Waals surface area contributed by atoms with Gasteiger partial charge in [-0.2, -0.15) is 9.90 Å². The number of para-hydroxylation sites is 1. The Balaban J connectivity index is 1.36. The molecule has 5 rings (SSSR count). The van der Waals surface area contributed by atoms with Gasteiger partial charge in [0.25, 0.3) is 5.91 Å². The zero-order chi connectivity index (χ0) is 20.3. The summed E-state index contributed by atoms with van der Waals surface area (Å²) in [5.74, 6) is 1.57. The van der Waals surface area contributed by atoms with Crippen molar-refractivity contribution in [3.8, 4) is 17.1 Å². The molecular weight excluding hydrogens is 378 g/mol. The number of amides is 1. The topological polar surface area (TPSA) is 90.5 Å². The van der Waals surface area contributed by atoms with Crippen molar-refractivity contribution < 1.29 is 4.79 Å². The van der Waals surface area contributed by atoms with E-state index in [1.165, 1.54) is 17.4 Å². The van der Waals surface area contributed by atoms with Crippen LogP contribution in [0.1, 0.15) is 35.6 Å². The summed E-state index contributed by atoms with van der Waals surface area (Å²) >= 11 is 0. The van der Waals surface area contributed by atoms with Gasteiger partial charge in [0.05, 0.1) is 11.9 Å². The molecule has 3 heterocycles. The van der Waals surface area contributed by atoms with Crippen LogP contribution < -0.4 is 5.32 Å². The van der Waals surface area contributed by atoms with E-state index in [-0.39, 0.29) is 11.6 Å². The van der Waals surface area contributed by atoms with Gasteiger partial charge in [0.15, 0.2) is 11.5 Å². The molecule has 1 N–H and O–H groups in total. The highest BCUT2D eigenvalue weighted by Crippen LogP contribution is 2.25. The average Bonchev–Trinajstić information content (AvgIpc) is 3.37. The number of anilines is 1. The first kappa shape index (κ1) is 18.2. The molecule has 8 heteroatoms. The summed E-state index contributed by atoms with van der Waals surface area (Å²) < 4.78 is 2.19. The molecule has 1 amide bonds. The van der Waals surface area contributed by atoms with E-state index in [0.717, 1.165) is 48.7 Å². The molecule has 2 aromatic carbocycles. The van der Waals surface area contributed by atoms with Gasteiger partial charge in [-0.3, -0.25) is 4.79 Å². The lowest BCUT2D eigenvalue weighted by Crippen LogP contribution is -2.13. The fourth-order valence-corrected chi connectivity index (χ4v) is 3.68. The molecular formula is C22H21N7O. The first-order valence-electron chi connectivity index (χ1n) is 10.1. The van der Waals surface area contributed by atoms with Gasteiger partial charge in [-0.1, -0.05) is 36.8 Å². The molecule has 0 unspecified atom stereocenters. The number of nitrogens with one attached hydrogen (secondary N) is 1. The Labute approximate surface area is 173 Å². The van der Waals surface area contributed by atoms with Gasteiger partial charge in [-0.25, -0.2) is 0 Å². The highest BCUT2D eigenvalue weighted by molar-refractivity contribution is 6.02. The predicted octanol–water partition coefficient (Wildman–Crippen LogP) is 3.50. The second-order valence-corrected chi connectivity index (χ2v) is 7.29. The fourth-order valence-electron chi connectivity index (χ4n) is 3.68. The van der Waals surface area contributed by atoms with E-state index in [2.05, 4.69) is 30.3 Å². The normalized spacial score (nSPS) is 13.5. The Morgan fingerprint density at radius 3 is 2.77 bits per heavy atom. The summed E-state index contributed by atoms with van der Waals surface area (Å²) in [5.41, 5.74) is 2.66. The quantitative estimate of drug-likeness (QED) is 0.567. The number of rotatable bonds is 4. The van der Waals surface area contributed by atoms with E-state index in [0.29, 0.717) is 5.69 Å². The third-order valence-corrected chi connectivity index (χ3v) is 5.20. The van der Waals surface area contributed by atoms with Crippen molar-refractivity contribution in [2.75, 3.05) is 5.32 Å². The number of nitrogens with zero attached hydrogens (tertiary/aromatic N) is 6. The Morgan fingerprint density at radius 1 is 0.967 bits per heavy atom. The predicted molar refractivity (Wildman–Crippen MR) is 112 cm³/mol. The summed E-state index contributed by atoms with van der Waals surface area (Å²) in [6.07, 6.45) is 5.91. The van der Waals surface area contributed by atoms with Gasteiger partial charge in [0.2, 0.25) is 0 Å². The molecule has 1 aliphatic heterocycles. The molecule has 0 saturated carbocycles. The number of aryl methyl sites for hydroxylation is 1. The summed E-state index contributed by atoms with van der Waals surface area (Å²) in [5, 5.41) is 20.1. The van der Waals surface area contributed by atoms with Crippen LogP contribution in [-0.2, 0) is 13.0 Å². The smallest absolute Gasteiger partial charge is 0.277 e. The second kappa shape index (κ2) is 7.90. The van der Waals surface area contributed by atoms with Crippen molar-refractivity contribution in [1.29, 1.82) is 0 Å². The molecule has 2 aromatic heterocycles. The maximum atomic E-state index is 12.7. The van der Waals surface area contributed by atoms with Crippen molar-refractivity contribution in [2.45, 2.75) is 32.2 Å². The number of carbonyl (C=O) groups excluding carboxylic acids is 1. The van der Waals surface area contributed by atoms with Crippen LogP contribution in [0.3, 0.4) is 0 Å². The van der Waals surface area contributed by atoms with E-state index >= 15 is 0 Å². The number of carbonyl (C=O) groups is 1. The van der Waals surface area contributed by atoms with Crippen LogP contribution >= 0.6 is 0 Å². The maximum absolute atomic E-state index is 12.7. The molecule has 30 heavy (non-hydrogen) atoms. The molecule has 0 aliphatic carbocycles. The third kappa shape index (κ3) is 3.59. The number of hydrogen-bond donors (Lipinski definition) is 1. The lowest BCUT2D eigenvalue weighted by atomic mass is 10.2. The van der Waals surface area contributed by atoms with E-state index in [9.17, 15) is 4.79 Å². The third-order valence-electron chi connectivity index (χ3n) is 5.20. The Kier molecular flexibility index (Phi) is 4.80. The Bertz CT molecular complexity index is 1180. The first-order valence-corrected chi connectivity index (χ1v) is 10.1. The van der Waals surface area contributed by atoms with Crippen molar-refractivity contribution >= 4 is 11.6 Å². The SMILES string of the molecule is O=C(Nc1cccc(-c2nnc3n2CCCCC3)c1)c1cnn(-c2ccccc2)n1. The van der Waals surface area contributed by atoms with E-state index in [1.807, 2.05) is 54.6 Å². The molecule has 0 saturated heterocycles. The minimum absolute atomic E-state index is 0.251. The van der Waals surface area contributed by atoms with Crippen LogP contribution in [-0.4, -0.2) is 35.7 Å². The van der Waals surface area contributed by atoms with Crippen molar-refractivity contribution in [2.24, 2.45) is 0 Å². The molecule has 0 fully saturated rings. The number of aromatic nitrogens is 6. The van der Waals surface area contributed by atoms with Gasteiger partial charge in [0, 0.05) is 24.2 Å². The van der Waals surface area contributed by atoms with Crippen LogP contribution in [0.25, 0.3) is 17.1 Å². The van der Waals surface area contributed by atoms with Gasteiger partial charge in [-0.15, -0.1) is 15.3 Å². The highest BCUT2D eigenvalue weighted by atomic mass is 16.2. The lowest BCUT2D eigenvalue weighted by Gasteiger charge is -2.09. The minimum Gasteiger partial charge on any atom is -0.321 e. The molecule has 4 aromatic rings. The van der Waals surface area contributed by atoms with Crippen molar-refractivity contribution in [3.05, 3.63) is 72.3 Å². The average molecular weight is 399 g/mol. The van der Waals surface area contributed by atoms with Gasteiger partial charge in [-0.05, 0) is 37.1 Å². The molecule has 0 bridgehead atoms. The van der Waals surface area contributed by atoms with E-state index in [1.54, 1.807) is 0 Å². The lowest BCUT2D eigenvalue weighted by molar-refractivity contribution is 0.102. The molecule has 0 spiro atoms. The standard InChI is InChI=1S/C22H21N7O/c30-22(19-15-23-29(27-19)18-10-3-1-4-11-18)24-17-9-7-8-16(14-17)21-26-25-20-12-5-2-6-13-28(20)21/h1,3-4,7-11,14-15H,2,5-6,12-13H2,(H,24,30). The minimum atomic E-state index is -0.311. The fraction of sp³-hybridized carbons (Fsp3) is 0.227. The maximum Gasteiger partial charge on any atom is 0.277 e. The first-order chi connectivity index (χ1) is 14.8. The van der Waals surface area contributed by atoms with E-state index in [4.69, 9.17) is 0 Å². The van der Waals surface area contributed by atoms with Gasteiger partial charge < -0.3 is 9.88 Å². The molecule has 1 aliphatic rings. The van der Waals surface area contributed by atoms with Crippen LogP contribution in [0.2, 0.25) is 0 Å². The second-order valence-electron chi connectivity index (χ2n) is 7.29. The summed E-state index contributed by atoms with van der Waals surface area (Å²) in [6, 6.07) is 17.1. The Morgan fingerprint density at radius 2 is 1.87 bits per heavy atom. The van der Waals surface area contributed by atoms with Crippen LogP contribution in [0.5, 0.6) is 0 Å². The van der Waals surface area contributed by atoms with Crippen molar-refractivity contribution in [3.63, 3.8) is 0 Å². The highest BCUT2D eigenvalue weighted by Gasteiger charge is 2.17. The molecule has 8 nitrogen and oxygen atoms in total. The zero-order valence-corrected chi connectivity index (χ0v) is 16.4. The summed E-state index contributed by atoms with van der Waals surface area (Å²) in [4.78, 5) is 14.1. The monoisotopic (exact) mass is 399 g/mol. The summed E-state index contributed by atoms with van der Waals surface area (Å²) in [7, 11) is 0. The summed E-state index contributed by atoms with van der Waals surface area (Å²) in [6.45, 7) is 0.927. The molecule has 150 valence electrons. The largest absolute Gasteiger partial charge is 0.321 e. The van der Waals surface area contributed by atoms with Crippen molar-refractivity contribution in [1.82, 2.24) is 29.8 Å². The molecule has 0 atom stereocenters. The van der Waals surface area contributed by atoms with Crippen LogP contribution in [0, 0.1) is 0 Å². The number of hydrogen-bond acceptors (Lipinski definition) is 5. The van der Waals surface area contributed by atoms with E-state index < -0.39 is 0 Å². The van der Waals surface area contributed by atoms with Crippen LogP contribution in [0.4, 0.5) is 5.69 Å². The Hall–Kier alpha value is -3.81. The van der Waals surface area contributed by atoms with Gasteiger partial charge >= 0.3 is 0 Å².